The third-order valence-corrected chi connectivity index (χ3v) is 12.5. The number of ether oxygens (including phenoxy) is 3. The molecule has 0 saturated carbocycles. The molecule has 6 nitrogen and oxygen atoms in total. The number of rotatable bonds is 18. The van der Waals surface area contributed by atoms with Crippen LogP contribution in [-0.4, -0.2) is 68.6 Å². The zero-order valence-corrected chi connectivity index (χ0v) is 27.2. The number of aryl methyl sites for hydroxylation is 2. The molecule has 38 heavy (non-hydrogen) atoms. The third kappa shape index (κ3) is 13.5. The van der Waals surface area contributed by atoms with Gasteiger partial charge in [-0.3, -0.25) is 4.52 Å². The Balaban J connectivity index is 1.94. The van der Waals surface area contributed by atoms with Gasteiger partial charge in [-0.15, -0.1) is 11.8 Å². The monoisotopic (exact) mass is 601 g/mol. The van der Waals surface area contributed by atoms with Crippen LogP contribution in [0.5, 0.6) is 11.5 Å². The van der Waals surface area contributed by atoms with Crippen molar-refractivity contribution < 1.29 is 23.3 Å². The van der Waals surface area contributed by atoms with E-state index in [0.29, 0.717) is 19.8 Å². The van der Waals surface area contributed by atoms with E-state index in [1.54, 1.807) is 18.5 Å². The van der Waals surface area contributed by atoms with Crippen molar-refractivity contribution >= 4 is 40.6 Å². The molecule has 2 aromatic rings. The molecule has 0 saturated heterocycles. The lowest BCUT2D eigenvalue weighted by atomic mass is 10.0. The molecule has 0 amide bonds. The van der Waals surface area contributed by atoms with Crippen LogP contribution in [0.3, 0.4) is 0 Å². The fourth-order valence-corrected chi connectivity index (χ4v) is 10.4. The summed E-state index contributed by atoms with van der Waals surface area (Å²) in [7, 11) is 5.73. The Hall–Kier alpha value is -0.770. The van der Waals surface area contributed by atoms with Gasteiger partial charge in [-0.25, -0.2) is 0 Å². The molecule has 0 bridgehead atoms. The van der Waals surface area contributed by atoms with Gasteiger partial charge in [0.25, 0.3) is 0 Å². The summed E-state index contributed by atoms with van der Waals surface area (Å²) in [5, 5.41) is 0.817. The first kappa shape index (κ1) is 33.4. The fourth-order valence-electron chi connectivity index (χ4n) is 3.43. The van der Waals surface area contributed by atoms with Gasteiger partial charge in [0.15, 0.2) is 6.79 Å². The lowest BCUT2D eigenvalue weighted by Gasteiger charge is -2.26. The third-order valence-electron chi connectivity index (χ3n) is 5.29. The Morgan fingerprint density at radius 2 is 1.79 bits per heavy atom. The molecule has 0 aliphatic heterocycles. The van der Waals surface area contributed by atoms with Crippen molar-refractivity contribution in [2.75, 3.05) is 52.8 Å². The van der Waals surface area contributed by atoms with Crippen LogP contribution >= 0.6 is 28.8 Å². The number of nitrogens with zero attached hydrogens (tertiary/aromatic N) is 1. The summed E-state index contributed by atoms with van der Waals surface area (Å²) in [5.41, 5.74) is -0.0919. The van der Waals surface area contributed by atoms with E-state index in [4.69, 9.17) is 35.1 Å². The Bertz CT molecular complexity index is 1000. The minimum atomic E-state index is -2.48. The number of likely N-dealkylation sites (N-methyl/N-ethyl adjacent to an activating group) is 1. The maximum atomic E-state index is 6.28. The molecule has 0 aliphatic rings. The molecular formula is C28H44NO5PS3. The highest BCUT2D eigenvalue weighted by Crippen LogP contribution is 2.62. The number of hydrogen-bond donors (Lipinski definition) is 0. The van der Waals surface area contributed by atoms with Crippen LogP contribution in [0.1, 0.15) is 38.8 Å². The van der Waals surface area contributed by atoms with Gasteiger partial charge in [-0.1, -0.05) is 62.5 Å². The SMILES string of the molecule is CCOP(=S)(OCOC(COc1ccccc1CCc1cccc(OC)c1)CN(C)C)SCSC(C)(C)C. The topological polar surface area (TPSA) is 49.4 Å². The van der Waals surface area contributed by atoms with E-state index in [-0.39, 0.29) is 17.6 Å². The number of thioether (sulfide) groups is 1. The normalized spacial score (nSPS) is 14.3. The fraction of sp³-hybridized carbons (Fsp3) is 0.571. The molecule has 214 valence electrons. The maximum absolute atomic E-state index is 6.28. The van der Waals surface area contributed by atoms with E-state index >= 15 is 0 Å². The van der Waals surface area contributed by atoms with Crippen molar-refractivity contribution in [3.8, 4) is 11.5 Å². The molecule has 0 heterocycles. The smallest absolute Gasteiger partial charge is 0.250 e. The predicted octanol–water partition coefficient (Wildman–Crippen LogP) is 7.26. The quantitative estimate of drug-likeness (QED) is 0.130. The van der Waals surface area contributed by atoms with Crippen molar-refractivity contribution in [3.05, 3.63) is 59.7 Å². The first-order valence-corrected chi connectivity index (χ1v) is 18.0. The Morgan fingerprint density at radius 3 is 2.47 bits per heavy atom. The molecule has 0 N–H and O–H groups in total. The molecule has 2 aromatic carbocycles. The van der Waals surface area contributed by atoms with Crippen LogP contribution in [0.25, 0.3) is 0 Å². The van der Waals surface area contributed by atoms with Gasteiger partial charge in [0.05, 0.1) is 13.7 Å². The highest BCUT2D eigenvalue weighted by molar-refractivity contribution is 8.69. The second-order valence-electron chi connectivity index (χ2n) is 9.94. The Morgan fingerprint density at radius 1 is 1.03 bits per heavy atom. The molecule has 0 spiro atoms. The summed E-state index contributed by atoms with van der Waals surface area (Å²) in [5.74, 6) is 1.75. The zero-order valence-electron chi connectivity index (χ0n) is 23.8. The Labute approximate surface area is 243 Å². The summed E-state index contributed by atoms with van der Waals surface area (Å²) in [6.07, 6.45) is 1.58. The molecule has 0 aliphatic carbocycles. The summed E-state index contributed by atoms with van der Waals surface area (Å²) < 4.78 is 29.8. The van der Waals surface area contributed by atoms with E-state index in [2.05, 4.69) is 43.9 Å². The lowest BCUT2D eigenvalue weighted by Crippen LogP contribution is -2.34. The van der Waals surface area contributed by atoms with E-state index in [1.807, 2.05) is 63.1 Å². The van der Waals surface area contributed by atoms with Crippen LogP contribution in [0.2, 0.25) is 0 Å². The molecular weight excluding hydrogens is 557 g/mol. The minimum Gasteiger partial charge on any atom is -0.497 e. The highest BCUT2D eigenvalue weighted by Gasteiger charge is 2.23. The molecule has 0 fully saturated rings. The van der Waals surface area contributed by atoms with Gasteiger partial charge in [0.1, 0.15) is 24.2 Å². The molecule has 0 aromatic heterocycles. The second-order valence-corrected chi connectivity index (χ2v) is 18.4. The largest absolute Gasteiger partial charge is 0.497 e. The maximum Gasteiger partial charge on any atom is 0.250 e. The number of methoxy groups -OCH3 is 1. The van der Waals surface area contributed by atoms with Crippen molar-refractivity contribution in [2.45, 2.75) is 51.4 Å². The van der Waals surface area contributed by atoms with Gasteiger partial charge < -0.3 is 23.6 Å². The average molecular weight is 602 g/mol. The number of benzene rings is 2. The molecule has 10 heteroatoms. The summed E-state index contributed by atoms with van der Waals surface area (Å²) in [4.78, 5) is 2.08. The van der Waals surface area contributed by atoms with Gasteiger partial charge in [-0.05, 0) is 75.0 Å². The zero-order chi connectivity index (χ0) is 28.0. The van der Waals surface area contributed by atoms with Crippen molar-refractivity contribution in [1.82, 2.24) is 4.90 Å². The average Bonchev–Trinajstić information content (AvgIpc) is 2.85. The summed E-state index contributed by atoms with van der Waals surface area (Å²) >= 11 is 9.17. The molecule has 0 radical (unpaired) electrons. The van der Waals surface area contributed by atoms with Crippen LogP contribution in [0.15, 0.2) is 48.5 Å². The van der Waals surface area contributed by atoms with Crippen LogP contribution in [0.4, 0.5) is 0 Å². The first-order valence-electron chi connectivity index (χ1n) is 12.8. The minimum absolute atomic E-state index is 0.0732. The highest BCUT2D eigenvalue weighted by atomic mass is 32.9. The lowest BCUT2D eigenvalue weighted by molar-refractivity contribution is -0.0597. The van der Waals surface area contributed by atoms with Crippen molar-refractivity contribution in [2.24, 2.45) is 0 Å². The molecule has 2 rings (SSSR count). The Kier molecular flexibility index (Phi) is 15.1. The predicted molar refractivity (Wildman–Crippen MR) is 167 cm³/mol. The summed E-state index contributed by atoms with van der Waals surface area (Å²) in [6.45, 7) is 10.2. The van der Waals surface area contributed by atoms with Crippen LogP contribution < -0.4 is 9.47 Å². The molecule has 2 atom stereocenters. The van der Waals surface area contributed by atoms with Crippen molar-refractivity contribution in [1.29, 1.82) is 0 Å². The van der Waals surface area contributed by atoms with Crippen LogP contribution in [0, 0.1) is 0 Å². The van der Waals surface area contributed by atoms with Crippen LogP contribution in [-0.2, 0) is 38.4 Å². The molecule has 2 unspecified atom stereocenters. The number of para-hydroxylation sites is 1. The van der Waals surface area contributed by atoms with E-state index in [9.17, 15) is 0 Å². The van der Waals surface area contributed by atoms with Gasteiger partial charge in [0, 0.05) is 16.4 Å². The van der Waals surface area contributed by atoms with E-state index in [1.165, 1.54) is 5.56 Å². The first-order chi connectivity index (χ1) is 18.0. The van der Waals surface area contributed by atoms with E-state index in [0.717, 1.165) is 35.0 Å². The van der Waals surface area contributed by atoms with Gasteiger partial charge >= 0.3 is 0 Å². The van der Waals surface area contributed by atoms with Crippen molar-refractivity contribution in [3.63, 3.8) is 0 Å². The van der Waals surface area contributed by atoms with E-state index < -0.39 is 5.69 Å². The second kappa shape index (κ2) is 17.1. The number of hydrogen-bond acceptors (Lipinski definition) is 9. The van der Waals surface area contributed by atoms with Gasteiger partial charge in [0.2, 0.25) is 5.69 Å². The standard InChI is InChI=1S/C28H44NO5PS3/c1-8-33-35(36,38-22-37-28(2,3)4)34-21-32-26(19-29(5)6)20-31-27-15-10-9-13-24(27)17-16-23-12-11-14-25(18-23)30-7/h9-15,18,26H,8,16-17,19-22H2,1-7H3. The van der Waals surface area contributed by atoms with Gasteiger partial charge in [-0.2, -0.15) is 0 Å². The summed E-state index contributed by atoms with van der Waals surface area (Å²) in [6, 6.07) is 16.4.